The van der Waals surface area contributed by atoms with Gasteiger partial charge >= 0.3 is 0 Å². The van der Waals surface area contributed by atoms with Crippen molar-refractivity contribution in [3.63, 3.8) is 0 Å². The van der Waals surface area contributed by atoms with Crippen LogP contribution in [0.1, 0.15) is 102 Å². The number of tetrazole rings is 1. The van der Waals surface area contributed by atoms with E-state index < -0.39 is 24.5 Å². The predicted molar refractivity (Wildman–Crippen MR) is 197 cm³/mol. The van der Waals surface area contributed by atoms with E-state index in [-0.39, 0.29) is 30.0 Å². The van der Waals surface area contributed by atoms with Crippen LogP contribution < -0.4 is 32.7 Å². The molecule has 4 aliphatic rings. The lowest BCUT2D eigenvalue weighted by molar-refractivity contribution is -0.0384. The van der Waals surface area contributed by atoms with Crippen LogP contribution in [0.3, 0.4) is 0 Å². The molecule has 3 aliphatic carbocycles. The number of aromatic nitrogens is 10. The molecular weight excluding hydrogens is 680 g/mol. The highest BCUT2D eigenvalue weighted by Gasteiger charge is 2.47. The number of hydrogen-bond acceptors (Lipinski definition) is 17. The standard InChI is InChI=1S/C34H52N16O3/c1-2-50-47-30(46-48-50)28-26(51)27(52)32(53-28)49-17-38-25-29(44-34(45-31(25)49)42-23-9-5-19(36)6-10-23)40-21-13-11-20(12-14-21)39-24-15-16-37-33(43-24)41-22-7-3-18(35)4-8-22/h15-23,26-28,32,51-52H,2-14,35-36H2,1H3,(H2,37,39,41,43)(H2,40,42,44,45)/t18?,19?,20?,21?,22?,23?,26-,27+,28-,32+/m0/s1. The number of hydrogen-bond donors (Lipinski definition) is 8. The van der Waals surface area contributed by atoms with Crippen molar-refractivity contribution in [2.45, 2.75) is 151 Å². The lowest BCUT2D eigenvalue weighted by atomic mass is 9.91. The number of aryl methyl sites for hydroxylation is 1. The topological polar surface area (TPSA) is 263 Å². The molecule has 8 rings (SSSR count). The van der Waals surface area contributed by atoms with Crippen LogP contribution in [0.5, 0.6) is 0 Å². The number of nitrogens with zero attached hydrogens (tertiary/aromatic N) is 10. The van der Waals surface area contributed by atoms with E-state index in [2.05, 4.69) is 41.7 Å². The Kier molecular flexibility index (Phi) is 10.5. The Hall–Kier alpha value is -4.30. The molecule has 4 atom stereocenters. The highest BCUT2D eigenvalue weighted by molar-refractivity contribution is 5.84. The first-order valence-electron chi connectivity index (χ1n) is 19.2. The summed E-state index contributed by atoms with van der Waals surface area (Å²) in [6.45, 7) is 2.40. The minimum absolute atomic E-state index is 0.156. The van der Waals surface area contributed by atoms with Gasteiger partial charge in [0.1, 0.15) is 18.0 Å². The smallest absolute Gasteiger partial charge is 0.227 e. The summed E-state index contributed by atoms with van der Waals surface area (Å²) in [5, 5.41) is 48.8. The van der Waals surface area contributed by atoms with Crippen LogP contribution in [0.25, 0.3) is 11.2 Å². The first-order valence-corrected chi connectivity index (χ1v) is 19.2. The van der Waals surface area contributed by atoms with E-state index in [1.54, 1.807) is 17.1 Å². The van der Waals surface area contributed by atoms with Crippen LogP contribution in [0.4, 0.5) is 23.5 Å². The number of aliphatic hydroxyl groups excluding tert-OH is 2. The molecule has 3 saturated carbocycles. The zero-order chi connectivity index (χ0) is 36.5. The van der Waals surface area contributed by atoms with Crippen molar-refractivity contribution in [2.24, 2.45) is 11.5 Å². The van der Waals surface area contributed by atoms with Gasteiger partial charge in [-0.1, -0.05) is 0 Å². The molecule has 4 fully saturated rings. The number of nitrogens with two attached hydrogens (primary N) is 2. The molecule has 0 unspecified atom stereocenters. The molecule has 19 heteroatoms. The number of nitrogens with one attached hydrogen (secondary N) is 4. The number of ether oxygens (including phenoxy) is 1. The third kappa shape index (κ3) is 7.98. The molecule has 10 N–H and O–H groups in total. The Bertz CT molecular complexity index is 1810. The quantitative estimate of drug-likeness (QED) is 0.109. The molecular formula is C34H52N16O3. The van der Waals surface area contributed by atoms with Crippen molar-refractivity contribution in [1.82, 2.24) is 49.7 Å². The van der Waals surface area contributed by atoms with Gasteiger partial charge in [-0.3, -0.25) is 4.57 Å². The first kappa shape index (κ1) is 35.7. The molecule has 19 nitrogen and oxygen atoms in total. The summed E-state index contributed by atoms with van der Waals surface area (Å²) in [6, 6.07) is 3.40. The van der Waals surface area contributed by atoms with Crippen LogP contribution >= 0.6 is 0 Å². The second-order valence-corrected chi connectivity index (χ2v) is 15.1. The van der Waals surface area contributed by atoms with E-state index in [1.165, 1.54) is 4.80 Å². The van der Waals surface area contributed by atoms with Gasteiger partial charge in [-0.25, -0.2) is 9.97 Å². The van der Waals surface area contributed by atoms with Gasteiger partial charge in [0.15, 0.2) is 29.3 Å². The fourth-order valence-electron chi connectivity index (χ4n) is 8.06. The Labute approximate surface area is 307 Å². The van der Waals surface area contributed by atoms with Crippen molar-refractivity contribution in [3.05, 3.63) is 24.4 Å². The lowest BCUT2D eigenvalue weighted by Gasteiger charge is -2.31. The fourth-order valence-corrected chi connectivity index (χ4v) is 8.06. The predicted octanol–water partition coefficient (Wildman–Crippen LogP) is 1.81. The SMILES string of the molecule is CCn1nnc([C@H]2O[C@@H](n3cnc4c(NC5CCC(Nc6ccnc(NC7CCC(N)CC7)n6)CC5)nc(NC5CCC(N)CC5)nc43)[C@H](O)[C@@H]2O)n1. The third-order valence-electron chi connectivity index (χ3n) is 11.2. The van der Waals surface area contributed by atoms with Gasteiger partial charge in [0, 0.05) is 42.4 Å². The monoisotopic (exact) mass is 732 g/mol. The van der Waals surface area contributed by atoms with Gasteiger partial charge in [0.2, 0.25) is 17.7 Å². The van der Waals surface area contributed by atoms with Gasteiger partial charge in [-0.2, -0.15) is 19.7 Å². The van der Waals surface area contributed by atoms with Gasteiger partial charge in [0.05, 0.1) is 12.9 Å². The van der Waals surface area contributed by atoms with E-state index in [0.717, 1.165) is 82.9 Å². The molecule has 0 bridgehead atoms. The number of rotatable bonds is 11. The van der Waals surface area contributed by atoms with Crippen LogP contribution in [-0.2, 0) is 11.3 Å². The van der Waals surface area contributed by atoms with E-state index in [9.17, 15) is 10.2 Å². The molecule has 4 aromatic heterocycles. The van der Waals surface area contributed by atoms with Crippen molar-refractivity contribution in [2.75, 3.05) is 21.3 Å². The minimum atomic E-state index is -1.29. The molecule has 0 radical (unpaired) electrons. The summed E-state index contributed by atoms with van der Waals surface area (Å²) >= 11 is 0. The van der Waals surface area contributed by atoms with E-state index in [4.69, 9.17) is 36.1 Å². The molecule has 53 heavy (non-hydrogen) atoms. The van der Waals surface area contributed by atoms with Crippen molar-refractivity contribution in [3.8, 4) is 0 Å². The molecule has 0 amide bonds. The average molecular weight is 733 g/mol. The van der Waals surface area contributed by atoms with Gasteiger partial charge < -0.3 is 47.7 Å². The van der Waals surface area contributed by atoms with Crippen LogP contribution in [0.15, 0.2) is 18.6 Å². The summed E-state index contributed by atoms with van der Waals surface area (Å²) in [5.74, 6) is 2.74. The molecule has 1 saturated heterocycles. The van der Waals surface area contributed by atoms with E-state index in [1.807, 2.05) is 13.0 Å². The Balaban J connectivity index is 0.965. The minimum Gasteiger partial charge on any atom is -0.387 e. The maximum absolute atomic E-state index is 11.2. The van der Waals surface area contributed by atoms with E-state index >= 15 is 0 Å². The van der Waals surface area contributed by atoms with Crippen LogP contribution in [0, 0.1) is 0 Å². The average Bonchev–Trinajstić information content (AvgIpc) is 3.89. The van der Waals surface area contributed by atoms with Crippen molar-refractivity contribution < 1.29 is 14.9 Å². The molecule has 0 aromatic carbocycles. The number of aliphatic hydroxyl groups is 2. The van der Waals surface area contributed by atoms with Crippen molar-refractivity contribution >= 4 is 34.7 Å². The summed E-state index contributed by atoms with van der Waals surface area (Å²) in [6.07, 6.45) is 10.4. The van der Waals surface area contributed by atoms with Crippen molar-refractivity contribution in [1.29, 1.82) is 0 Å². The molecule has 0 spiro atoms. The molecule has 5 heterocycles. The zero-order valence-corrected chi connectivity index (χ0v) is 30.1. The number of imidazole rings is 1. The lowest BCUT2D eigenvalue weighted by Crippen LogP contribution is -2.34. The summed E-state index contributed by atoms with van der Waals surface area (Å²) in [4.78, 5) is 25.1. The number of anilines is 4. The highest BCUT2D eigenvalue weighted by Crippen LogP contribution is 2.39. The van der Waals surface area contributed by atoms with Gasteiger partial charge in [0.25, 0.3) is 0 Å². The van der Waals surface area contributed by atoms with E-state index in [0.29, 0.717) is 47.5 Å². The maximum atomic E-state index is 11.2. The Morgan fingerprint density at radius 2 is 1.38 bits per heavy atom. The van der Waals surface area contributed by atoms with Crippen LogP contribution in [-0.4, -0.2) is 108 Å². The highest BCUT2D eigenvalue weighted by atomic mass is 16.6. The zero-order valence-electron chi connectivity index (χ0n) is 30.1. The summed E-state index contributed by atoms with van der Waals surface area (Å²) in [7, 11) is 0. The molecule has 1 aliphatic heterocycles. The van der Waals surface area contributed by atoms with Crippen LogP contribution in [0.2, 0.25) is 0 Å². The molecule has 286 valence electrons. The third-order valence-corrected chi connectivity index (χ3v) is 11.2. The normalized spacial score (nSPS) is 32.1. The van der Waals surface area contributed by atoms with Gasteiger partial charge in [-0.15, -0.1) is 10.2 Å². The number of fused-ring (bicyclic) bond motifs is 1. The Morgan fingerprint density at radius 3 is 2.04 bits per heavy atom. The second-order valence-electron chi connectivity index (χ2n) is 15.1. The largest absolute Gasteiger partial charge is 0.387 e. The van der Waals surface area contributed by atoms with Gasteiger partial charge in [-0.05, 0) is 95.3 Å². The second kappa shape index (κ2) is 15.6. The molecule has 4 aromatic rings. The fraction of sp³-hybridized carbons (Fsp3) is 0.706. The summed E-state index contributed by atoms with van der Waals surface area (Å²) < 4.78 is 7.84. The maximum Gasteiger partial charge on any atom is 0.227 e. The Morgan fingerprint density at radius 1 is 0.755 bits per heavy atom. The summed E-state index contributed by atoms with van der Waals surface area (Å²) in [5.41, 5.74) is 13.3. The first-order chi connectivity index (χ1) is 25.8.